The molecule has 0 bridgehead atoms. The van der Waals surface area contributed by atoms with Crippen molar-refractivity contribution in [3.63, 3.8) is 0 Å². The van der Waals surface area contributed by atoms with Crippen LogP contribution in [0.3, 0.4) is 0 Å². The smallest absolute Gasteiger partial charge is 0.168 e. The maximum atomic E-state index is 14.0. The minimum atomic E-state index is -0.343. The summed E-state index contributed by atoms with van der Waals surface area (Å²) >= 11 is 0. The third kappa shape index (κ3) is 3.51. The molecular weight excluding hydrogens is 265 g/mol. The zero-order valence-electron chi connectivity index (χ0n) is 12.8. The molecule has 1 aromatic heterocycles. The van der Waals surface area contributed by atoms with Gasteiger partial charge in [-0.3, -0.25) is 0 Å². The zero-order valence-corrected chi connectivity index (χ0v) is 12.8. The Bertz CT molecular complexity index is 589. The summed E-state index contributed by atoms with van der Waals surface area (Å²) in [5.74, 6) is 0.599. The molecule has 1 aromatic carbocycles. The van der Waals surface area contributed by atoms with Crippen molar-refractivity contribution >= 4 is 17.3 Å². The highest BCUT2D eigenvalue weighted by Crippen LogP contribution is 2.27. The first-order chi connectivity index (χ1) is 10.2. The molecule has 0 aliphatic heterocycles. The van der Waals surface area contributed by atoms with Crippen LogP contribution in [0.4, 0.5) is 21.7 Å². The first-order valence-corrected chi connectivity index (χ1v) is 7.47. The standard InChI is InChI=1S/C17H22FN3/c1-4-12-8-7-9-13(5-2)16(12)21-17-14(18)10-11-15(20-17)19-6-3/h7-11H,4-6H2,1-3H3,(H2,19,20,21). The van der Waals surface area contributed by atoms with Crippen molar-refractivity contribution in [2.45, 2.75) is 33.6 Å². The van der Waals surface area contributed by atoms with Gasteiger partial charge in [-0.15, -0.1) is 0 Å². The van der Waals surface area contributed by atoms with Gasteiger partial charge in [0, 0.05) is 12.2 Å². The number of aryl methyl sites for hydroxylation is 2. The van der Waals surface area contributed by atoms with Gasteiger partial charge in [-0.2, -0.15) is 0 Å². The van der Waals surface area contributed by atoms with Gasteiger partial charge in [0.05, 0.1) is 0 Å². The third-order valence-electron chi connectivity index (χ3n) is 3.45. The number of hydrogen-bond donors (Lipinski definition) is 2. The highest BCUT2D eigenvalue weighted by atomic mass is 19.1. The highest BCUT2D eigenvalue weighted by Gasteiger charge is 2.11. The lowest BCUT2D eigenvalue weighted by Gasteiger charge is -2.16. The van der Waals surface area contributed by atoms with Crippen LogP contribution in [0.15, 0.2) is 30.3 Å². The van der Waals surface area contributed by atoms with Gasteiger partial charge in [0.15, 0.2) is 11.6 Å². The minimum Gasteiger partial charge on any atom is -0.370 e. The number of aromatic nitrogens is 1. The van der Waals surface area contributed by atoms with E-state index in [9.17, 15) is 4.39 Å². The van der Waals surface area contributed by atoms with Crippen LogP contribution < -0.4 is 10.6 Å². The quantitative estimate of drug-likeness (QED) is 0.820. The van der Waals surface area contributed by atoms with Gasteiger partial charge in [-0.25, -0.2) is 9.37 Å². The molecule has 2 rings (SSSR count). The Balaban J connectivity index is 2.39. The molecule has 112 valence electrons. The molecule has 0 spiro atoms. The van der Waals surface area contributed by atoms with Gasteiger partial charge in [-0.1, -0.05) is 32.0 Å². The Morgan fingerprint density at radius 2 is 1.67 bits per heavy atom. The maximum Gasteiger partial charge on any atom is 0.168 e. The first kappa shape index (κ1) is 15.3. The molecule has 3 nitrogen and oxygen atoms in total. The predicted octanol–water partition coefficient (Wildman–Crippen LogP) is 4.52. The molecule has 2 N–H and O–H groups in total. The molecular formula is C17H22FN3. The fraction of sp³-hybridized carbons (Fsp3) is 0.353. The van der Waals surface area contributed by atoms with E-state index < -0.39 is 0 Å². The zero-order chi connectivity index (χ0) is 15.2. The highest BCUT2D eigenvalue weighted by molar-refractivity contribution is 5.66. The second-order valence-corrected chi connectivity index (χ2v) is 4.84. The summed E-state index contributed by atoms with van der Waals surface area (Å²) in [6.07, 6.45) is 1.79. The second kappa shape index (κ2) is 7.07. The summed E-state index contributed by atoms with van der Waals surface area (Å²) in [4.78, 5) is 4.31. The molecule has 0 unspecified atom stereocenters. The average molecular weight is 287 g/mol. The molecule has 4 heteroatoms. The number of para-hydroxylation sites is 1. The molecule has 21 heavy (non-hydrogen) atoms. The van der Waals surface area contributed by atoms with Gasteiger partial charge in [0.2, 0.25) is 0 Å². The van der Waals surface area contributed by atoms with Crippen LogP contribution in [0.1, 0.15) is 31.9 Å². The Labute approximate surface area is 125 Å². The van der Waals surface area contributed by atoms with Crippen molar-refractivity contribution in [1.82, 2.24) is 4.98 Å². The number of pyridine rings is 1. The summed E-state index contributed by atoms with van der Waals surface area (Å²) in [6, 6.07) is 9.26. The van der Waals surface area contributed by atoms with Gasteiger partial charge in [0.25, 0.3) is 0 Å². The van der Waals surface area contributed by atoms with Crippen LogP contribution >= 0.6 is 0 Å². The van der Waals surface area contributed by atoms with Crippen LogP contribution in [0.5, 0.6) is 0 Å². The van der Waals surface area contributed by atoms with Crippen molar-refractivity contribution in [2.24, 2.45) is 0 Å². The number of nitrogens with zero attached hydrogens (tertiary/aromatic N) is 1. The molecule has 0 saturated heterocycles. The van der Waals surface area contributed by atoms with E-state index in [1.807, 2.05) is 13.0 Å². The Kier molecular flexibility index (Phi) is 5.14. The number of anilines is 3. The van der Waals surface area contributed by atoms with E-state index >= 15 is 0 Å². The Morgan fingerprint density at radius 1 is 1.00 bits per heavy atom. The van der Waals surface area contributed by atoms with Crippen molar-refractivity contribution in [2.75, 3.05) is 17.2 Å². The number of rotatable bonds is 6. The van der Waals surface area contributed by atoms with Gasteiger partial charge >= 0.3 is 0 Å². The van der Waals surface area contributed by atoms with Crippen molar-refractivity contribution < 1.29 is 4.39 Å². The average Bonchev–Trinajstić information content (AvgIpc) is 2.51. The third-order valence-corrected chi connectivity index (χ3v) is 3.45. The van der Waals surface area contributed by atoms with Crippen LogP contribution in [0, 0.1) is 5.82 Å². The number of benzene rings is 1. The summed E-state index contributed by atoms with van der Waals surface area (Å²) in [5, 5.41) is 6.28. The van der Waals surface area contributed by atoms with Crippen LogP contribution in [0.25, 0.3) is 0 Å². The van der Waals surface area contributed by atoms with E-state index in [0.29, 0.717) is 5.82 Å². The van der Waals surface area contributed by atoms with Crippen LogP contribution in [-0.2, 0) is 12.8 Å². The van der Waals surface area contributed by atoms with Crippen molar-refractivity contribution in [1.29, 1.82) is 0 Å². The number of hydrogen-bond acceptors (Lipinski definition) is 3. The normalized spacial score (nSPS) is 10.5. The predicted molar refractivity (Wildman–Crippen MR) is 86.8 cm³/mol. The van der Waals surface area contributed by atoms with Crippen molar-refractivity contribution in [3.8, 4) is 0 Å². The van der Waals surface area contributed by atoms with E-state index in [2.05, 4.69) is 41.6 Å². The van der Waals surface area contributed by atoms with Gasteiger partial charge < -0.3 is 10.6 Å². The molecule has 0 radical (unpaired) electrons. The molecule has 0 aliphatic carbocycles. The topological polar surface area (TPSA) is 37.0 Å². The van der Waals surface area contributed by atoms with E-state index in [4.69, 9.17) is 0 Å². The lowest BCUT2D eigenvalue weighted by molar-refractivity contribution is 0.626. The van der Waals surface area contributed by atoms with Gasteiger partial charge in [0.1, 0.15) is 5.82 Å². The lowest BCUT2D eigenvalue weighted by atomic mass is 10.0. The van der Waals surface area contributed by atoms with E-state index in [-0.39, 0.29) is 11.6 Å². The Morgan fingerprint density at radius 3 is 2.24 bits per heavy atom. The first-order valence-electron chi connectivity index (χ1n) is 7.47. The lowest BCUT2D eigenvalue weighted by Crippen LogP contribution is -2.06. The molecule has 0 aliphatic rings. The second-order valence-electron chi connectivity index (χ2n) is 4.84. The summed E-state index contributed by atoms with van der Waals surface area (Å²) in [6.45, 7) is 6.93. The van der Waals surface area contributed by atoms with Gasteiger partial charge in [-0.05, 0) is 43.0 Å². The fourth-order valence-corrected chi connectivity index (χ4v) is 2.33. The molecule has 0 saturated carbocycles. The maximum absolute atomic E-state index is 14.0. The Hall–Kier alpha value is -2.10. The van der Waals surface area contributed by atoms with Crippen molar-refractivity contribution in [3.05, 3.63) is 47.3 Å². The summed E-state index contributed by atoms with van der Waals surface area (Å²) in [7, 11) is 0. The van der Waals surface area contributed by atoms with E-state index in [1.165, 1.54) is 17.2 Å². The SMILES string of the molecule is CCNc1ccc(F)c(Nc2c(CC)cccc2CC)n1. The number of halogens is 1. The van der Waals surface area contributed by atoms with Crippen LogP contribution in [-0.4, -0.2) is 11.5 Å². The van der Waals surface area contributed by atoms with Crippen LogP contribution in [0.2, 0.25) is 0 Å². The largest absolute Gasteiger partial charge is 0.370 e. The van der Waals surface area contributed by atoms with E-state index in [1.54, 1.807) is 6.07 Å². The fourth-order valence-electron chi connectivity index (χ4n) is 2.33. The minimum absolute atomic E-state index is 0.268. The molecule has 0 amide bonds. The summed E-state index contributed by atoms with van der Waals surface area (Å²) in [5.41, 5.74) is 3.32. The molecule has 1 heterocycles. The molecule has 0 fully saturated rings. The number of nitrogens with one attached hydrogen (secondary N) is 2. The monoisotopic (exact) mass is 287 g/mol. The molecule has 2 aromatic rings. The summed E-state index contributed by atoms with van der Waals surface area (Å²) < 4.78 is 14.0. The van der Waals surface area contributed by atoms with E-state index in [0.717, 1.165) is 25.1 Å². The molecule has 0 atom stereocenters.